The molecule has 3 aromatic heterocycles. The van der Waals surface area contributed by atoms with Crippen molar-refractivity contribution in [3.05, 3.63) is 83.4 Å². The number of amides is 1. The van der Waals surface area contributed by atoms with Crippen molar-refractivity contribution >= 4 is 22.6 Å². The Bertz CT molecular complexity index is 1190. The van der Waals surface area contributed by atoms with Gasteiger partial charge in [0.2, 0.25) is 5.91 Å². The van der Waals surface area contributed by atoms with Crippen molar-refractivity contribution in [2.75, 3.05) is 5.32 Å². The number of pyridine rings is 2. The van der Waals surface area contributed by atoms with Crippen LogP contribution >= 0.6 is 0 Å². The molecule has 6 heteroatoms. The fourth-order valence-electron chi connectivity index (χ4n) is 3.93. The molecule has 0 unspecified atom stereocenters. The molecular weight excluding hydrogens is 374 g/mol. The van der Waals surface area contributed by atoms with Gasteiger partial charge in [-0.05, 0) is 79.1 Å². The summed E-state index contributed by atoms with van der Waals surface area (Å²) in [5.41, 5.74) is 6.21. The monoisotopic (exact) mass is 397 g/mol. The highest BCUT2D eigenvalue weighted by atomic mass is 16.2. The van der Waals surface area contributed by atoms with E-state index in [0.717, 1.165) is 28.8 Å². The average molecular weight is 397 g/mol. The third-order valence-corrected chi connectivity index (χ3v) is 5.55. The Morgan fingerprint density at radius 1 is 1.03 bits per heavy atom. The SMILES string of the molecule is Cc1nn(CC(=O)Nc2ccc(Cc3ccncc3)cc2)c2nccc(C3CC3)c12. The summed E-state index contributed by atoms with van der Waals surface area (Å²) in [4.78, 5) is 21.2. The van der Waals surface area contributed by atoms with E-state index >= 15 is 0 Å². The molecule has 0 aliphatic heterocycles. The summed E-state index contributed by atoms with van der Waals surface area (Å²) in [5.74, 6) is 0.506. The van der Waals surface area contributed by atoms with Crippen LogP contribution in [0.1, 0.15) is 41.1 Å². The van der Waals surface area contributed by atoms with Gasteiger partial charge in [0.05, 0.1) is 5.69 Å². The lowest BCUT2D eigenvalue weighted by Gasteiger charge is -2.08. The molecule has 1 aromatic carbocycles. The molecule has 1 N–H and O–H groups in total. The van der Waals surface area contributed by atoms with Crippen molar-refractivity contribution in [2.24, 2.45) is 0 Å². The highest BCUT2D eigenvalue weighted by Gasteiger charge is 2.27. The van der Waals surface area contributed by atoms with Gasteiger partial charge in [0.1, 0.15) is 6.54 Å². The summed E-state index contributed by atoms with van der Waals surface area (Å²) in [5, 5.41) is 8.66. The first kappa shape index (κ1) is 18.5. The van der Waals surface area contributed by atoms with Gasteiger partial charge in [0.15, 0.2) is 5.65 Å². The van der Waals surface area contributed by atoms with Gasteiger partial charge in [-0.3, -0.25) is 9.78 Å². The number of anilines is 1. The lowest BCUT2D eigenvalue weighted by atomic mass is 10.1. The fourth-order valence-corrected chi connectivity index (χ4v) is 3.93. The van der Waals surface area contributed by atoms with Crippen molar-refractivity contribution < 1.29 is 4.79 Å². The van der Waals surface area contributed by atoms with E-state index in [4.69, 9.17) is 0 Å². The van der Waals surface area contributed by atoms with E-state index in [0.29, 0.717) is 5.92 Å². The van der Waals surface area contributed by atoms with Gasteiger partial charge in [-0.1, -0.05) is 12.1 Å². The van der Waals surface area contributed by atoms with Gasteiger partial charge in [-0.2, -0.15) is 5.10 Å². The van der Waals surface area contributed by atoms with Gasteiger partial charge in [-0.25, -0.2) is 9.67 Å². The normalized spacial score (nSPS) is 13.5. The molecule has 5 rings (SSSR count). The molecule has 1 aliphatic rings. The molecule has 1 saturated carbocycles. The second-order valence-electron chi connectivity index (χ2n) is 7.89. The van der Waals surface area contributed by atoms with E-state index in [9.17, 15) is 4.79 Å². The Morgan fingerprint density at radius 2 is 1.77 bits per heavy atom. The van der Waals surface area contributed by atoms with Crippen LogP contribution in [0.15, 0.2) is 61.1 Å². The Morgan fingerprint density at radius 3 is 2.50 bits per heavy atom. The lowest BCUT2D eigenvalue weighted by molar-refractivity contribution is -0.116. The van der Waals surface area contributed by atoms with Crippen LogP contribution in [0.25, 0.3) is 11.0 Å². The van der Waals surface area contributed by atoms with E-state index in [-0.39, 0.29) is 12.5 Å². The van der Waals surface area contributed by atoms with Gasteiger partial charge in [-0.15, -0.1) is 0 Å². The van der Waals surface area contributed by atoms with Crippen LogP contribution < -0.4 is 5.32 Å². The third-order valence-electron chi connectivity index (χ3n) is 5.55. The van der Waals surface area contributed by atoms with Crippen LogP contribution in [0.5, 0.6) is 0 Å². The molecule has 0 spiro atoms. The Balaban J connectivity index is 1.28. The number of rotatable bonds is 6. The van der Waals surface area contributed by atoms with Gasteiger partial charge in [0.25, 0.3) is 0 Å². The minimum absolute atomic E-state index is 0.111. The number of carbonyl (C=O) groups is 1. The van der Waals surface area contributed by atoms with E-state index in [1.807, 2.05) is 49.5 Å². The van der Waals surface area contributed by atoms with E-state index in [1.165, 1.54) is 29.5 Å². The molecule has 1 fully saturated rings. The number of fused-ring (bicyclic) bond motifs is 1. The van der Waals surface area contributed by atoms with Crippen LogP contribution in [0.4, 0.5) is 5.69 Å². The summed E-state index contributed by atoms with van der Waals surface area (Å²) in [6.07, 6.45) is 8.71. The number of hydrogen-bond acceptors (Lipinski definition) is 4. The number of hydrogen-bond donors (Lipinski definition) is 1. The van der Waals surface area contributed by atoms with Crippen molar-refractivity contribution in [1.29, 1.82) is 0 Å². The zero-order chi connectivity index (χ0) is 20.5. The predicted molar refractivity (Wildman–Crippen MR) is 116 cm³/mol. The topological polar surface area (TPSA) is 72.7 Å². The van der Waals surface area contributed by atoms with Crippen molar-refractivity contribution in [2.45, 2.75) is 38.6 Å². The number of nitrogens with one attached hydrogen (secondary N) is 1. The first-order chi connectivity index (χ1) is 14.7. The van der Waals surface area contributed by atoms with Crippen molar-refractivity contribution in [3.8, 4) is 0 Å². The molecule has 0 bridgehead atoms. The molecule has 1 amide bonds. The van der Waals surface area contributed by atoms with E-state index < -0.39 is 0 Å². The predicted octanol–water partition coefficient (Wildman–Crippen LogP) is 4.24. The summed E-state index contributed by atoms with van der Waals surface area (Å²) < 4.78 is 1.71. The first-order valence-electron chi connectivity index (χ1n) is 10.3. The largest absolute Gasteiger partial charge is 0.324 e. The zero-order valence-electron chi connectivity index (χ0n) is 16.9. The number of benzene rings is 1. The zero-order valence-corrected chi connectivity index (χ0v) is 16.9. The van der Waals surface area contributed by atoms with Crippen LogP contribution in [0.2, 0.25) is 0 Å². The van der Waals surface area contributed by atoms with Crippen LogP contribution in [0.3, 0.4) is 0 Å². The molecule has 3 heterocycles. The van der Waals surface area contributed by atoms with Crippen LogP contribution in [-0.2, 0) is 17.8 Å². The average Bonchev–Trinajstić information content (AvgIpc) is 3.55. The molecule has 30 heavy (non-hydrogen) atoms. The highest BCUT2D eigenvalue weighted by Crippen LogP contribution is 2.43. The molecule has 6 nitrogen and oxygen atoms in total. The second kappa shape index (κ2) is 7.71. The van der Waals surface area contributed by atoms with Gasteiger partial charge < -0.3 is 5.32 Å². The quantitative estimate of drug-likeness (QED) is 0.528. The number of nitrogens with zero attached hydrogens (tertiary/aromatic N) is 4. The minimum atomic E-state index is -0.111. The first-order valence-corrected chi connectivity index (χ1v) is 10.3. The number of carbonyl (C=O) groups excluding carboxylic acids is 1. The Kier molecular flexibility index (Phi) is 4.75. The number of aromatic nitrogens is 4. The Hall–Kier alpha value is -3.54. The maximum absolute atomic E-state index is 12.6. The van der Waals surface area contributed by atoms with Crippen LogP contribution in [-0.4, -0.2) is 25.7 Å². The maximum atomic E-state index is 12.6. The molecule has 150 valence electrons. The van der Waals surface area contributed by atoms with Crippen LogP contribution in [0, 0.1) is 6.92 Å². The smallest absolute Gasteiger partial charge is 0.246 e. The molecule has 0 atom stereocenters. The highest BCUT2D eigenvalue weighted by molar-refractivity contribution is 5.92. The summed E-state index contributed by atoms with van der Waals surface area (Å²) >= 11 is 0. The summed E-state index contributed by atoms with van der Waals surface area (Å²) in [6.45, 7) is 2.13. The second-order valence-corrected chi connectivity index (χ2v) is 7.89. The summed E-state index contributed by atoms with van der Waals surface area (Å²) in [6, 6.07) is 14.0. The van der Waals surface area contributed by atoms with Gasteiger partial charge >= 0.3 is 0 Å². The maximum Gasteiger partial charge on any atom is 0.246 e. The molecule has 0 saturated heterocycles. The lowest BCUT2D eigenvalue weighted by Crippen LogP contribution is -2.19. The van der Waals surface area contributed by atoms with Crippen molar-refractivity contribution in [1.82, 2.24) is 19.7 Å². The third kappa shape index (κ3) is 3.81. The Labute approximate surface area is 175 Å². The fraction of sp³-hybridized carbons (Fsp3) is 0.250. The molecule has 4 aromatic rings. The van der Waals surface area contributed by atoms with Gasteiger partial charge in [0, 0.05) is 29.7 Å². The molecule has 1 aliphatic carbocycles. The minimum Gasteiger partial charge on any atom is -0.324 e. The number of aryl methyl sites for hydroxylation is 1. The van der Waals surface area contributed by atoms with Crippen molar-refractivity contribution in [3.63, 3.8) is 0 Å². The van der Waals surface area contributed by atoms with E-state index in [2.05, 4.69) is 26.4 Å². The molecular formula is C24H23N5O. The summed E-state index contributed by atoms with van der Waals surface area (Å²) in [7, 11) is 0. The van der Waals surface area contributed by atoms with E-state index in [1.54, 1.807) is 17.1 Å². The molecule has 0 radical (unpaired) electrons. The standard InChI is InChI=1S/C24H23N5O/c1-16-23-21(19-4-5-19)10-13-26-24(23)29(28-16)15-22(30)27-20-6-2-17(3-7-20)14-18-8-11-25-12-9-18/h2-3,6-13,19H,4-5,14-15H2,1H3,(H,27,30).